The lowest BCUT2D eigenvalue weighted by Crippen LogP contribution is -2.26. The summed E-state index contributed by atoms with van der Waals surface area (Å²) < 4.78 is 2.76. The summed E-state index contributed by atoms with van der Waals surface area (Å²) in [5, 5.41) is 21.6. The van der Waals surface area contributed by atoms with Gasteiger partial charge in [0.15, 0.2) is 0 Å². The zero-order valence-corrected chi connectivity index (χ0v) is 13.8. The van der Waals surface area contributed by atoms with Gasteiger partial charge in [0, 0.05) is 37.7 Å². The van der Waals surface area contributed by atoms with Crippen LogP contribution >= 0.6 is 0 Å². The molecular formula is C16H15N7O3. The Labute approximate surface area is 147 Å². The number of aryl methyl sites for hydroxylation is 1. The van der Waals surface area contributed by atoms with Crippen LogP contribution in [-0.2, 0) is 18.4 Å². The van der Waals surface area contributed by atoms with E-state index in [9.17, 15) is 14.9 Å². The molecular weight excluding hydrogens is 338 g/mol. The third kappa shape index (κ3) is 3.98. The molecule has 0 spiro atoms. The van der Waals surface area contributed by atoms with Gasteiger partial charge in [-0.1, -0.05) is 0 Å². The molecule has 3 rings (SSSR count). The van der Waals surface area contributed by atoms with E-state index in [-0.39, 0.29) is 17.9 Å². The second kappa shape index (κ2) is 7.38. The number of hydrogen-bond acceptors (Lipinski definition) is 6. The Hall–Kier alpha value is -3.82. The summed E-state index contributed by atoms with van der Waals surface area (Å²) in [6.45, 7) is 0.287. The monoisotopic (exact) mass is 353 g/mol. The molecule has 26 heavy (non-hydrogen) atoms. The van der Waals surface area contributed by atoms with E-state index < -0.39 is 10.8 Å². The molecule has 10 nitrogen and oxygen atoms in total. The van der Waals surface area contributed by atoms with Crippen LogP contribution in [0.15, 0.2) is 49.3 Å². The van der Waals surface area contributed by atoms with Gasteiger partial charge in [-0.25, -0.2) is 4.68 Å². The highest BCUT2D eigenvalue weighted by Gasteiger charge is 2.17. The van der Waals surface area contributed by atoms with E-state index in [1.54, 1.807) is 54.7 Å². The van der Waals surface area contributed by atoms with Crippen molar-refractivity contribution in [1.29, 1.82) is 0 Å². The van der Waals surface area contributed by atoms with Gasteiger partial charge in [-0.15, -0.1) is 0 Å². The van der Waals surface area contributed by atoms with Crippen LogP contribution in [0.4, 0.5) is 5.69 Å². The van der Waals surface area contributed by atoms with Gasteiger partial charge in [-0.2, -0.15) is 10.2 Å². The van der Waals surface area contributed by atoms with Crippen LogP contribution in [0.3, 0.4) is 0 Å². The molecule has 0 fully saturated rings. The molecule has 0 radical (unpaired) electrons. The molecule has 3 aromatic rings. The van der Waals surface area contributed by atoms with Crippen LogP contribution < -0.4 is 5.32 Å². The molecule has 0 saturated heterocycles. The van der Waals surface area contributed by atoms with Crippen molar-refractivity contribution < 1.29 is 9.72 Å². The molecule has 3 aromatic heterocycles. The second-order valence-corrected chi connectivity index (χ2v) is 5.42. The molecule has 0 saturated carbocycles. The minimum Gasteiger partial charge on any atom is -0.347 e. The average Bonchev–Trinajstić information content (AvgIpc) is 3.27. The average molecular weight is 353 g/mol. The molecule has 132 valence electrons. The van der Waals surface area contributed by atoms with Crippen LogP contribution in [-0.4, -0.2) is 35.4 Å². The highest BCUT2D eigenvalue weighted by molar-refractivity contribution is 6.18. The van der Waals surface area contributed by atoms with E-state index in [1.165, 1.54) is 10.9 Å². The first-order valence-electron chi connectivity index (χ1n) is 7.60. The maximum atomic E-state index is 12.7. The summed E-state index contributed by atoms with van der Waals surface area (Å²) in [7, 11) is 1.75. The Balaban J connectivity index is 1.87. The van der Waals surface area contributed by atoms with Gasteiger partial charge in [0.05, 0.1) is 11.1 Å². The van der Waals surface area contributed by atoms with Gasteiger partial charge in [0.25, 0.3) is 5.91 Å². The number of nitrogens with zero attached hydrogens (tertiary/aromatic N) is 6. The summed E-state index contributed by atoms with van der Waals surface area (Å²) >= 11 is 0. The molecule has 0 atom stereocenters. The number of carbonyl (C=O) groups is 1. The first-order chi connectivity index (χ1) is 12.5. The number of hydrogen-bond donors (Lipinski definition) is 1. The quantitative estimate of drug-likeness (QED) is 0.404. The van der Waals surface area contributed by atoms with Crippen LogP contribution in [0, 0.1) is 10.1 Å². The normalized spacial score (nSPS) is 11.3. The van der Waals surface area contributed by atoms with Gasteiger partial charge in [0.2, 0.25) is 0 Å². The van der Waals surface area contributed by atoms with Crippen molar-refractivity contribution in [2.75, 3.05) is 0 Å². The number of nitro groups is 1. The lowest BCUT2D eigenvalue weighted by Gasteiger charge is -2.09. The summed E-state index contributed by atoms with van der Waals surface area (Å²) in [6.07, 6.45) is 10.4. The van der Waals surface area contributed by atoms with E-state index >= 15 is 0 Å². The van der Waals surface area contributed by atoms with E-state index in [0.29, 0.717) is 5.56 Å². The molecule has 0 aliphatic heterocycles. The highest BCUT2D eigenvalue weighted by Crippen LogP contribution is 2.16. The lowest BCUT2D eigenvalue weighted by atomic mass is 10.2. The third-order valence-electron chi connectivity index (χ3n) is 3.49. The first-order valence-corrected chi connectivity index (χ1v) is 7.60. The number of amides is 1. The van der Waals surface area contributed by atoms with Gasteiger partial charge < -0.3 is 5.32 Å². The fourth-order valence-electron chi connectivity index (χ4n) is 2.22. The number of aromatic nitrogens is 5. The van der Waals surface area contributed by atoms with Gasteiger partial charge in [-0.05, 0) is 23.8 Å². The zero-order valence-electron chi connectivity index (χ0n) is 13.8. The minimum atomic E-state index is -0.569. The smallest absolute Gasteiger partial charge is 0.307 e. The number of rotatable bonds is 6. The van der Waals surface area contributed by atoms with Crippen molar-refractivity contribution in [3.63, 3.8) is 0 Å². The first kappa shape index (κ1) is 17.0. The zero-order chi connectivity index (χ0) is 18.5. The van der Waals surface area contributed by atoms with Gasteiger partial charge in [-0.3, -0.25) is 24.6 Å². The minimum absolute atomic E-state index is 0.139. The van der Waals surface area contributed by atoms with Crippen LogP contribution in [0.1, 0.15) is 11.1 Å². The predicted octanol–water partition coefficient (Wildman–Crippen LogP) is 1.23. The fourth-order valence-corrected chi connectivity index (χ4v) is 2.22. The number of nitrogens with one attached hydrogen (secondary N) is 1. The lowest BCUT2D eigenvalue weighted by molar-refractivity contribution is -0.384. The Morgan fingerprint density at radius 3 is 2.65 bits per heavy atom. The Bertz CT molecular complexity index is 959. The Morgan fingerprint density at radius 2 is 2.04 bits per heavy atom. The second-order valence-electron chi connectivity index (χ2n) is 5.42. The SMILES string of the molecule is Cn1cc(C=C(C(=O)NCc2ccncc2)n2cc([N+](=O)[O-])cn2)cn1. The van der Waals surface area contributed by atoms with Crippen molar-refractivity contribution >= 4 is 23.4 Å². The maximum Gasteiger partial charge on any atom is 0.307 e. The van der Waals surface area contributed by atoms with Crippen molar-refractivity contribution in [2.45, 2.75) is 6.54 Å². The molecule has 0 aromatic carbocycles. The maximum absolute atomic E-state index is 12.7. The molecule has 1 amide bonds. The van der Waals surface area contributed by atoms with Crippen molar-refractivity contribution in [3.8, 4) is 0 Å². The van der Waals surface area contributed by atoms with Gasteiger partial charge >= 0.3 is 5.69 Å². The molecule has 0 bridgehead atoms. The standard InChI is InChI=1S/C16H15N7O3/c1-21-10-13(8-19-21)6-15(22-11-14(9-20-22)23(25)26)16(24)18-7-12-2-4-17-5-3-12/h2-6,8-11H,7H2,1H3,(H,18,24). The van der Waals surface area contributed by atoms with E-state index in [2.05, 4.69) is 20.5 Å². The van der Waals surface area contributed by atoms with E-state index in [0.717, 1.165) is 11.8 Å². The van der Waals surface area contributed by atoms with Crippen LogP contribution in [0.5, 0.6) is 0 Å². The van der Waals surface area contributed by atoms with Crippen molar-refractivity contribution in [1.82, 2.24) is 29.9 Å². The van der Waals surface area contributed by atoms with E-state index in [4.69, 9.17) is 0 Å². The van der Waals surface area contributed by atoms with Crippen LogP contribution in [0.25, 0.3) is 11.8 Å². The van der Waals surface area contributed by atoms with Crippen LogP contribution in [0.2, 0.25) is 0 Å². The van der Waals surface area contributed by atoms with E-state index in [1.807, 2.05) is 0 Å². The van der Waals surface area contributed by atoms with Crippen molar-refractivity contribution in [2.24, 2.45) is 7.05 Å². The molecule has 0 aliphatic carbocycles. The molecule has 0 unspecified atom stereocenters. The molecule has 10 heteroatoms. The summed E-state index contributed by atoms with van der Waals surface area (Å²) in [5.41, 5.74) is 1.48. The molecule has 1 N–H and O–H groups in total. The number of carbonyl (C=O) groups excluding carboxylic acids is 1. The highest BCUT2D eigenvalue weighted by atomic mass is 16.6. The molecule has 0 aliphatic rings. The van der Waals surface area contributed by atoms with Gasteiger partial charge in [0.1, 0.15) is 18.1 Å². The predicted molar refractivity (Wildman–Crippen MR) is 92.3 cm³/mol. The summed E-state index contributed by atoms with van der Waals surface area (Å²) in [6, 6.07) is 3.56. The Kier molecular flexibility index (Phi) is 4.83. The fraction of sp³-hybridized carbons (Fsp3) is 0.125. The topological polar surface area (TPSA) is 121 Å². The molecule has 3 heterocycles. The van der Waals surface area contributed by atoms with Crippen molar-refractivity contribution in [3.05, 3.63) is 70.6 Å². The largest absolute Gasteiger partial charge is 0.347 e. The summed E-state index contributed by atoms with van der Waals surface area (Å²) in [4.78, 5) is 26.9. The third-order valence-corrected chi connectivity index (χ3v) is 3.49. The Morgan fingerprint density at radius 1 is 1.27 bits per heavy atom. The number of pyridine rings is 1. The summed E-state index contributed by atoms with van der Waals surface area (Å²) in [5.74, 6) is -0.427.